The van der Waals surface area contributed by atoms with Gasteiger partial charge in [-0.25, -0.2) is 0 Å². The van der Waals surface area contributed by atoms with Crippen LogP contribution in [0, 0.1) is 11.8 Å². The first-order valence-corrected chi connectivity index (χ1v) is 3.52. The molecule has 0 aliphatic heterocycles. The van der Waals surface area contributed by atoms with E-state index >= 15 is 0 Å². The van der Waals surface area contributed by atoms with E-state index in [4.69, 9.17) is 0 Å². The molecule has 1 heteroatoms. The van der Waals surface area contributed by atoms with Crippen LogP contribution in [0.25, 0.3) is 0 Å². The number of hydrogen-bond donors (Lipinski definition) is 0. The number of carbonyl (C=O) groups is 1. The summed E-state index contributed by atoms with van der Waals surface area (Å²) in [6, 6.07) is 0. The molecular weight excluding hydrogens is 112 g/mol. The number of Topliss-reactive ketones (excluding diaryl/α,β-unsaturated/α-hetero) is 1. The fourth-order valence-corrected chi connectivity index (χ4v) is 2.00. The third-order valence-corrected chi connectivity index (χ3v) is 2.61. The van der Waals surface area contributed by atoms with Crippen molar-refractivity contribution in [2.45, 2.75) is 19.3 Å². The highest BCUT2D eigenvalue weighted by molar-refractivity contribution is 6.00. The van der Waals surface area contributed by atoms with E-state index in [0.717, 1.165) is 18.4 Å². The maximum atomic E-state index is 11.1. The van der Waals surface area contributed by atoms with Gasteiger partial charge in [0.15, 0.2) is 5.78 Å². The minimum absolute atomic E-state index is 0.353. The molecule has 2 bridgehead atoms. The third kappa shape index (κ3) is 0.521. The lowest BCUT2D eigenvalue weighted by molar-refractivity contribution is -0.118. The molecule has 1 nitrogen and oxygen atoms in total. The molecule has 0 aromatic carbocycles. The first-order valence-electron chi connectivity index (χ1n) is 3.52. The molecule has 2 fully saturated rings. The molecule has 2 atom stereocenters. The average Bonchev–Trinajstić information content (AvgIpc) is 2.37. The van der Waals surface area contributed by atoms with E-state index in [1.807, 2.05) is 0 Å². The van der Waals surface area contributed by atoms with Crippen LogP contribution in [0.4, 0.5) is 0 Å². The highest BCUT2D eigenvalue weighted by atomic mass is 16.1. The highest BCUT2D eigenvalue weighted by Gasteiger charge is 2.41. The average molecular weight is 122 g/mol. The van der Waals surface area contributed by atoms with E-state index in [-0.39, 0.29) is 0 Å². The predicted molar refractivity (Wildman–Crippen MR) is 35.0 cm³/mol. The van der Waals surface area contributed by atoms with Crippen molar-refractivity contribution >= 4 is 5.78 Å². The molecule has 0 unspecified atom stereocenters. The Balaban J connectivity index is 2.35. The van der Waals surface area contributed by atoms with Gasteiger partial charge in [-0.1, -0.05) is 6.58 Å². The van der Waals surface area contributed by atoms with Crippen molar-refractivity contribution in [2.24, 2.45) is 11.8 Å². The number of ketones is 1. The summed E-state index contributed by atoms with van der Waals surface area (Å²) in [5, 5.41) is 0. The summed E-state index contributed by atoms with van der Waals surface area (Å²) in [7, 11) is 0. The molecule has 2 aliphatic rings. The van der Waals surface area contributed by atoms with Gasteiger partial charge in [-0.2, -0.15) is 0 Å². The molecule has 2 saturated carbocycles. The standard InChI is InChI=1S/C8H10O/c1-5-6-2-3-7(4-6)8(5)9/h6-7H,1-4H2/t6-,7+/m1/s1. The van der Waals surface area contributed by atoms with Gasteiger partial charge < -0.3 is 0 Å². The van der Waals surface area contributed by atoms with Crippen LogP contribution >= 0.6 is 0 Å². The zero-order chi connectivity index (χ0) is 6.43. The summed E-state index contributed by atoms with van der Waals surface area (Å²) in [5.74, 6) is 1.30. The van der Waals surface area contributed by atoms with Gasteiger partial charge in [-0.05, 0) is 30.8 Å². The topological polar surface area (TPSA) is 17.1 Å². The number of fused-ring (bicyclic) bond motifs is 2. The molecule has 0 radical (unpaired) electrons. The van der Waals surface area contributed by atoms with Crippen LogP contribution in [0.15, 0.2) is 12.2 Å². The van der Waals surface area contributed by atoms with E-state index in [1.54, 1.807) is 0 Å². The van der Waals surface area contributed by atoms with Crippen molar-refractivity contribution in [2.75, 3.05) is 0 Å². The van der Waals surface area contributed by atoms with Crippen LogP contribution < -0.4 is 0 Å². The number of carbonyl (C=O) groups excluding carboxylic acids is 1. The number of hydrogen-bond acceptors (Lipinski definition) is 1. The van der Waals surface area contributed by atoms with Crippen LogP contribution in [0.2, 0.25) is 0 Å². The molecule has 2 rings (SSSR count). The Kier molecular flexibility index (Phi) is 0.850. The largest absolute Gasteiger partial charge is 0.294 e. The van der Waals surface area contributed by atoms with Gasteiger partial charge in [0, 0.05) is 5.92 Å². The van der Waals surface area contributed by atoms with Gasteiger partial charge in [0.2, 0.25) is 0 Å². The number of allylic oxidation sites excluding steroid dienone is 1. The van der Waals surface area contributed by atoms with Crippen molar-refractivity contribution in [3.8, 4) is 0 Å². The van der Waals surface area contributed by atoms with Crippen LogP contribution in [0.1, 0.15) is 19.3 Å². The van der Waals surface area contributed by atoms with Crippen molar-refractivity contribution in [1.82, 2.24) is 0 Å². The zero-order valence-corrected chi connectivity index (χ0v) is 5.39. The fourth-order valence-electron chi connectivity index (χ4n) is 2.00. The van der Waals surface area contributed by atoms with Crippen molar-refractivity contribution in [3.05, 3.63) is 12.2 Å². The second-order valence-electron chi connectivity index (χ2n) is 3.10. The Morgan fingerprint density at radius 1 is 1.33 bits per heavy atom. The molecule has 48 valence electrons. The Labute approximate surface area is 54.8 Å². The maximum absolute atomic E-state index is 11.1. The van der Waals surface area contributed by atoms with Gasteiger partial charge in [0.25, 0.3) is 0 Å². The summed E-state index contributed by atoms with van der Waals surface area (Å²) < 4.78 is 0. The molecule has 0 aromatic heterocycles. The first-order chi connectivity index (χ1) is 4.29. The quantitative estimate of drug-likeness (QED) is 0.445. The maximum Gasteiger partial charge on any atom is 0.161 e. The molecule has 0 saturated heterocycles. The summed E-state index contributed by atoms with van der Waals surface area (Å²) in [5.41, 5.74) is 0.909. The second-order valence-corrected chi connectivity index (χ2v) is 3.10. The van der Waals surface area contributed by atoms with E-state index in [9.17, 15) is 4.79 Å². The van der Waals surface area contributed by atoms with Gasteiger partial charge in [0.05, 0.1) is 0 Å². The minimum Gasteiger partial charge on any atom is -0.294 e. The summed E-state index contributed by atoms with van der Waals surface area (Å²) in [6.45, 7) is 3.77. The molecule has 0 aromatic rings. The van der Waals surface area contributed by atoms with E-state index < -0.39 is 0 Å². The minimum atomic E-state index is 0.353. The summed E-state index contributed by atoms with van der Waals surface area (Å²) in [6.07, 6.45) is 3.45. The zero-order valence-electron chi connectivity index (χ0n) is 5.39. The monoisotopic (exact) mass is 122 g/mol. The number of rotatable bonds is 0. The van der Waals surface area contributed by atoms with Gasteiger partial charge in [0.1, 0.15) is 0 Å². The summed E-state index contributed by atoms with van der Waals surface area (Å²) >= 11 is 0. The van der Waals surface area contributed by atoms with Crippen LogP contribution in [0.3, 0.4) is 0 Å². The normalized spacial score (nSPS) is 40.4. The van der Waals surface area contributed by atoms with E-state index in [2.05, 4.69) is 6.58 Å². The van der Waals surface area contributed by atoms with Gasteiger partial charge in [-0.15, -0.1) is 0 Å². The highest BCUT2D eigenvalue weighted by Crippen LogP contribution is 2.44. The molecule has 0 spiro atoms. The Morgan fingerprint density at radius 2 is 2.00 bits per heavy atom. The van der Waals surface area contributed by atoms with Crippen LogP contribution in [-0.4, -0.2) is 5.78 Å². The van der Waals surface area contributed by atoms with Gasteiger partial charge in [-0.3, -0.25) is 4.79 Å². The van der Waals surface area contributed by atoms with E-state index in [0.29, 0.717) is 17.6 Å². The molecule has 0 heterocycles. The third-order valence-electron chi connectivity index (χ3n) is 2.61. The molecule has 2 aliphatic carbocycles. The van der Waals surface area contributed by atoms with Gasteiger partial charge >= 0.3 is 0 Å². The molecular formula is C8H10O. The predicted octanol–water partition coefficient (Wildman–Crippen LogP) is 1.54. The summed E-state index contributed by atoms with van der Waals surface area (Å²) in [4.78, 5) is 11.1. The van der Waals surface area contributed by atoms with Crippen molar-refractivity contribution in [1.29, 1.82) is 0 Å². The molecule has 0 amide bonds. The lowest BCUT2D eigenvalue weighted by atomic mass is 9.95. The van der Waals surface area contributed by atoms with E-state index in [1.165, 1.54) is 6.42 Å². The molecule has 9 heavy (non-hydrogen) atoms. The van der Waals surface area contributed by atoms with Crippen molar-refractivity contribution in [3.63, 3.8) is 0 Å². The second kappa shape index (κ2) is 1.47. The lowest BCUT2D eigenvalue weighted by Gasteiger charge is -2.08. The molecule has 0 N–H and O–H groups in total. The Hall–Kier alpha value is -0.590. The Morgan fingerprint density at radius 3 is 2.33 bits per heavy atom. The van der Waals surface area contributed by atoms with Crippen LogP contribution in [0.5, 0.6) is 0 Å². The lowest BCUT2D eigenvalue weighted by Crippen LogP contribution is -2.10. The van der Waals surface area contributed by atoms with Crippen LogP contribution in [-0.2, 0) is 4.79 Å². The smallest absolute Gasteiger partial charge is 0.161 e. The first kappa shape index (κ1) is 5.21. The SMILES string of the molecule is C=C1C(=O)[C@H]2CC[C@@H]1C2. The fraction of sp³-hybridized carbons (Fsp3) is 0.625. The van der Waals surface area contributed by atoms with Crippen molar-refractivity contribution < 1.29 is 4.79 Å². The Bertz CT molecular complexity index is 161.